The molecule has 6 heteroatoms. The average Bonchev–Trinajstić information content (AvgIpc) is 2.51. The highest BCUT2D eigenvalue weighted by molar-refractivity contribution is 6.34. The molecule has 0 aromatic carbocycles. The van der Waals surface area contributed by atoms with Gasteiger partial charge in [-0.05, 0) is 72.8 Å². The van der Waals surface area contributed by atoms with Crippen LogP contribution in [0.4, 0.5) is 0 Å². The lowest BCUT2D eigenvalue weighted by atomic mass is 9.96. The Bertz CT molecular complexity index is 193. The molecule has 2 fully saturated rings. The lowest BCUT2D eigenvalue weighted by Gasteiger charge is -2.23. The standard InChI is InChI=1S/2C6H11Cl2N.C2H4/c2*7-9(8)6-4-2-1-3-5-6;1-2/h2*6H,1-5H2;1-2H2. The van der Waals surface area contributed by atoms with Crippen molar-refractivity contribution in [2.45, 2.75) is 76.3 Å². The van der Waals surface area contributed by atoms with Gasteiger partial charge in [-0.25, -0.2) is 0 Å². The largest absolute Gasteiger partial charge is 0.129 e. The summed E-state index contributed by atoms with van der Waals surface area (Å²) in [7, 11) is 0. The highest BCUT2D eigenvalue weighted by Gasteiger charge is 2.18. The first-order valence-corrected chi connectivity index (χ1v) is 8.68. The van der Waals surface area contributed by atoms with Gasteiger partial charge in [-0.1, -0.05) is 38.5 Å². The van der Waals surface area contributed by atoms with E-state index in [-0.39, 0.29) is 0 Å². The van der Waals surface area contributed by atoms with Crippen LogP contribution in [0.15, 0.2) is 13.2 Å². The molecular weight excluding hydrogens is 338 g/mol. The second-order valence-electron chi connectivity index (χ2n) is 5.10. The molecule has 0 atom stereocenters. The molecule has 0 radical (unpaired) electrons. The van der Waals surface area contributed by atoms with Gasteiger partial charge in [0.25, 0.3) is 0 Å². The zero-order chi connectivity index (χ0) is 15.4. The molecule has 2 saturated carbocycles. The van der Waals surface area contributed by atoms with Gasteiger partial charge in [-0.2, -0.15) is 0 Å². The van der Waals surface area contributed by atoms with Crippen LogP contribution in [0.25, 0.3) is 0 Å². The van der Waals surface area contributed by atoms with Crippen LogP contribution in [0.5, 0.6) is 0 Å². The third-order valence-corrected chi connectivity index (χ3v) is 4.81. The summed E-state index contributed by atoms with van der Waals surface area (Å²) in [6.07, 6.45) is 12.4. The maximum absolute atomic E-state index is 5.56. The minimum atomic E-state index is 0.419. The summed E-state index contributed by atoms with van der Waals surface area (Å²) >= 11 is 22.2. The first-order chi connectivity index (χ1) is 9.61. The highest BCUT2D eigenvalue weighted by atomic mass is 35.5. The van der Waals surface area contributed by atoms with Crippen molar-refractivity contribution in [3.05, 3.63) is 13.2 Å². The molecule has 0 heterocycles. The van der Waals surface area contributed by atoms with E-state index in [1.165, 1.54) is 46.4 Å². The Morgan fingerprint density at radius 3 is 0.950 bits per heavy atom. The van der Waals surface area contributed by atoms with Crippen molar-refractivity contribution in [2.75, 3.05) is 0 Å². The summed E-state index contributed by atoms with van der Waals surface area (Å²) in [6.45, 7) is 6.00. The summed E-state index contributed by atoms with van der Waals surface area (Å²) in [4.78, 5) is 0. The number of hydrogen-bond acceptors (Lipinski definition) is 2. The fraction of sp³-hybridized carbons (Fsp3) is 0.857. The van der Waals surface area contributed by atoms with E-state index in [0.717, 1.165) is 25.7 Å². The van der Waals surface area contributed by atoms with Crippen molar-refractivity contribution in [2.24, 2.45) is 0 Å². The molecule has 0 spiro atoms. The quantitative estimate of drug-likeness (QED) is 0.399. The molecule has 0 unspecified atom stereocenters. The van der Waals surface area contributed by atoms with Gasteiger partial charge < -0.3 is 0 Å². The second kappa shape index (κ2) is 13.5. The van der Waals surface area contributed by atoms with Crippen LogP contribution in [0, 0.1) is 0 Å². The molecule has 0 N–H and O–H groups in total. The van der Waals surface area contributed by atoms with Crippen LogP contribution in [0.3, 0.4) is 0 Å². The van der Waals surface area contributed by atoms with Crippen molar-refractivity contribution in [3.8, 4) is 0 Å². The Morgan fingerprint density at radius 2 is 0.800 bits per heavy atom. The molecule has 2 nitrogen and oxygen atoms in total. The summed E-state index contributed by atoms with van der Waals surface area (Å²) < 4.78 is 2.61. The van der Waals surface area contributed by atoms with Gasteiger partial charge in [0.2, 0.25) is 0 Å². The van der Waals surface area contributed by atoms with Crippen molar-refractivity contribution in [3.63, 3.8) is 0 Å². The molecule has 120 valence electrons. The fourth-order valence-electron chi connectivity index (χ4n) is 2.55. The first kappa shape index (κ1) is 20.8. The monoisotopic (exact) mass is 362 g/mol. The topological polar surface area (TPSA) is 6.48 Å². The summed E-state index contributed by atoms with van der Waals surface area (Å²) in [5, 5.41) is 0. The maximum atomic E-state index is 5.56. The van der Waals surface area contributed by atoms with Crippen LogP contribution in [0.1, 0.15) is 64.2 Å². The predicted molar refractivity (Wildman–Crippen MR) is 92.1 cm³/mol. The Balaban J connectivity index is 0.000000321. The van der Waals surface area contributed by atoms with Crippen LogP contribution >= 0.6 is 47.1 Å². The Labute approximate surface area is 144 Å². The number of nitrogens with zero attached hydrogens (tertiary/aromatic N) is 2. The summed E-state index contributed by atoms with van der Waals surface area (Å²) in [5.41, 5.74) is 0. The fourth-order valence-corrected chi connectivity index (χ4v) is 3.33. The lowest BCUT2D eigenvalue weighted by Crippen LogP contribution is -2.21. The van der Waals surface area contributed by atoms with Crippen LogP contribution < -0.4 is 0 Å². The third kappa shape index (κ3) is 9.70. The summed E-state index contributed by atoms with van der Waals surface area (Å²) in [6, 6.07) is 0.837. The van der Waals surface area contributed by atoms with Gasteiger partial charge in [0.1, 0.15) is 0 Å². The minimum Gasteiger partial charge on any atom is -0.129 e. The Morgan fingerprint density at radius 1 is 0.550 bits per heavy atom. The van der Waals surface area contributed by atoms with Crippen molar-refractivity contribution >= 4 is 47.1 Å². The smallest absolute Gasteiger partial charge is 0.0416 e. The zero-order valence-corrected chi connectivity index (χ0v) is 15.1. The zero-order valence-electron chi connectivity index (χ0n) is 12.0. The number of rotatable bonds is 2. The van der Waals surface area contributed by atoms with Gasteiger partial charge in [-0.15, -0.1) is 21.0 Å². The average molecular weight is 364 g/mol. The highest BCUT2D eigenvalue weighted by Crippen LogP contribution is 2.25. The third-order valence-electron chi connectivity index (χ3n) is 3.70. The number of hydrogen-bond donors (Lipinski definition) is 0. The molecule has 0 saturated heterocycles. The van der Waals surface area contributed by atoms with Gasteiger partial charge in [-0.3, -0.25) is 0 Å². The van der Waals surface area contributed by atoms with E-state index in [9.17, 15) is 0 Å². The molecular formula is C14H26Cl4N2. The van der Waals surface area contributed by atoms with Crippen molar-refractivity contribution in [1.29, 1.82) is 0 Å². The molecule has 0 aliphatic heterocycles. The van der Waals surface area contributed by atoms with Crippen molar-refractivity contribution < 1.29 is 0 Å². The molecule has 2 rings (SSSR count). The molecule has 0 aromatic heterocycles. The molecule has 0 amide bonds. The predicted octanol–water partition coefficient (Wildman–Crippen LogP) is 6.66. The maximum Gasteiger partial charge on any atom is 0.0416 e. The van der Waals surface area contributed by atoms with Gasteiger partial charge in [0.05, 0.1) is 0 Å². The van der Waals surface area contributed by atoms with E-state index < -0.39 is 0 Å². The molecule has 2 aliphatic carbocycles. The Kier molecular flexibility index (Phi) is 14.0. The minimum absolute atomic E-state index is 0.419. The lowest BCUT2D eigenvalue weighted by molar-refractivity contribution is 0.350. The van der Waals surface area contributed by atoms with E-state index in [2.05, 4.69) is 13.2 Å². The van der Waals surface area contributed by atoms with Gasteiger partial charge in [0.15, 0.2) is 0 Å². The molecule has 0 bridgehead atoms. The van der Waals surface area contributed by atoms with Crippen molar-refractivity contribution in [1.82, 2.24) is 7.88 Å². The van der Waals surface area contributed by atoms with Crippen LogP contribution in [-0.4, -0.2) is 20.0 Å². The van der Waals surface area contributed by atoms with E-state index in [0.29, 0.717) is 12.1 Å². The van der Waals surface area contributed by atoms with Gasteiger partial charge >= 0.3 is 0 Å². The van der Waals surface area contributed by atoms with Crippen LogP contribution in [-0.2, 0) is 0 Å². The number of halogens is 4. The first-order valence-electron chi connectivity index (χ1n) is 7.33. The molecule has 20 heavy (non-hydrogen) atoms. The molecule has 0 aromatic rings. The normalized spacial score (nSPS) is 20.9. The summed E-state index contributed by atoms with van der Waals surface area (Å²) in [5.74, 6) is 0. The van der Waals surface area contributed by atoms with E-state index in [1.807, 2.05) is 0 Å². The van der Waals surface area contributed by atoms with Gasteiger partial charge in [0, 0.05) is 12.1 Å². The SMILES string of the molecule is C=C.ClN(Cl)C1CCCCC1.ClN(Cl)C1CCCCC1. The van der Waals surface area contributed by atoms with E-state index in [1.54, 1.807) is 0 Å². The van der Waals surface area contributed by atoms with E-state index in [4.69, 9.17) is 47.1 Å². The second-order valence-corrected chi connectivity index (χ2v) is 6.90. The molecule has 2 aliphatic rings. The Hall–Kier alpha value is 0.820. The van der Waals surface area contributed by atoms with E-state index >= 15 is 0 Å². The van der Waals surface area contributed by atoms with Crippen LogP contribution in [0.2, 0.25) is 0 Å².